The van der Waals surface area contributed by atoms with Crippen molar-refractivity contribution in [1.29, 1.82) is 0 Å². The summed E-state index contributed by atoms with van der Waals surface area (Å²) in [6.07, 6.45) is 1.87. The molecule has 5 nitrogen and oxygen atoms in total. The fourth-order valence-corrected chi connectivity index (χ4v) is 4.17. The first kappa shape index (κ1) is 17.8. The van der Waals surface area contributed by atoms with Gasteiger partial charge in [-0.1, -0.05) is 42.5 Å². The van der Waals surface area contributed by atoms with Crippen molar-refractivity contribution in [2.45, 2.75) is 6.61 Å². The lowest BCUT2D eigenvalue weighted by molar-refractivity contribution is 0.174. The fraction of sp³-hybridized carbons (Fsp3) is 0.115. The van der Waals surface area contributed by atoms with Crippen molar-refractivity contribution in [2.75, 3.05) is 13.9 Å². The minimum atomic E-state index is 0.252. The van der Waals surface area contributed by atoms with Crippen molar-refractivity contribution in [3.05, 3.63) is 78.5 Å². The summed E-state index contributed by atoms with van der Waals surface area (Å²) in [4.78, 5) is 4.82. The van der Waals surface area contributed by atoms with Crippen LogP contribution in [0.1, 0.15) is 5.56 Å². The van der Waals surface area contributed by atoms with E-state index in [1.165, 1.54) is 0 Å². The van der Waals surface area contributed by atoms with E-state index in [0.29, 0.717) is 18.1 Å². The van der Waals surface area contributed by atoms with Gasteiger partial charge in [0.15, 0.2) is 23.0 Å². The van der Waals surface area contributed by atoms with Gasteiger partial charge in [-0.25, -0.2) is 0 Å². The number of aromatic nitrogens is 1. The SMILES string of the molecule is COc1ccc2c(cnc3c4cc5c(cc4ccc23)OCO5)c1OCc1ccccc1. The Kier molecular flexibility index (Phi) is 4.06. The van der Waals surface area contributed by atoms with Crippen molar-refractivity contribution >= 4 is 32.4 Å². The van der Waals surface area contributed by atoms with Gasteiger partial charge in [-0.3, -0.25) is 4.98 Å². The zero-order chi connectivity index (χ0) is 20.8. The number of hydrogen-bond acceptors (Lipinski definition) is 5. The fourth-order valence-electron chi connectivity index (χ4n) is 4.17. The summed E-state index contributed by atoms with van der Waals surface area (Å²) in [5.74, 6) is 2.91. The Morgan fingerprint density at radius 2 is 1.65 bits per heavy atom. The molecule has 0 bridgehead atoms. The summed E-state index contributed by atoms with van der Waals surface area (Å²) >= 11 is 0. The van der Waals surface area contributed by atoms with Gasteiger partial charge < -0.3 is 18.9 Å². The van der Waals surface area contributed by atoms with Gasteiger partial charge in [0.25, 0.3) is 0 Å². The summed E-state index contributed by atoms with van der Waals surface area (Å²) in [5.41, 5.74) is 2.01. The van der Waals surface area contributed by atoms with Gasteiger partial charge in [-0.05, 0) is 40.6 Å². The second-order valence-corrected chi connectivity index (χ2v) is 7.48. The van der Waals surface area contributed by atoms with E-state index < -0.39 is 0 Å². The van der Waals surface area contributed by atoms with Gasteiger partial charge in [0.1, 0.15) is 6.61 Å². The average molecular weight is 409 g/mol. The van der Waals surface area contributed by atoms with E-state index in [1.54, 1.807) is 7.11 Å². The molecule has 0 saturated carbocycles. The third kappa shape index (κ3) is 2.89. The molecule has 6 rings (SSSR count). The maximum absolute atomic E-state index is 6.22. The number of pyridine rings is 1. The Hall–Kier alpha value is -3.99. The second-order valence-electron chi connectivity index (χ2n) is 7.48. The molecule has 31 heavy (non-hydrogen) atoms. The maximum Gasteiger partial charge on any atom is 0.231 e. The molecule has 1 aromatic heterocycles. The monoisotopic (exact) mass is 409 g/mol. The predicted molar refractivity (Wildman–Crippen MR) is 120 cm³/mol. The number of nitrogens with zero attached hydrogens (tertiary/aromatic N) is 1. The molecule has 152 valence electrons. The highest BCUT2D eigenvalue weighted by atomic mass is 16.7. The third-order valence-corrected chi connectivity index (χ3v) is 5.70. The van der Waals surface area contributed by atoms with Crippen molar-refractivity contribution in [3.8, 4) is 23.0 Å². The zero-order valence-electron chi connectivity index (χ0n) is 16.9. The topological polar surface area (TPSA) is 49.8 Å². The van der Waals surface area contributed by atoms with E-state index in [-0.39, 0.29) is 6.79 Å². The van der Waals surface area contributed by atoms with E-state index >= 15 is 0 Å². The van der Waals surface area contributed by atoms with Crippen LogP contribution in [-0.2, 0) is 6.61 Å². The smallest absolute Gasteiger partial charge is 0.231 e. The van der Waals surface area contributed by atoms with Crippen molar-refractivity contribution in [2.24, 2.45) is 0 Å². The Morgan fingerprint density at radius 3 is 2.48 bits per heavy atom. The van der Waals surface area contributed by atoms with Crippen LogP contribution in [0.5, 0.6) is 23.0 Å². The number of benzene rings is 4. The average Bonchev–Trinajstić information content (AvgIpc) is 3.28. The van der Waals surface area contributed by atoms with Gasteiger partial charge in [0, 0.05) is 22.4 Å². The number of hydrogen-bond donors (Lipinski definition) is 0. The molecule has 0 fully saturated rings. The first-order valence-electron chi connectivity index (χ1n) is 10.1. The molecule has 0 aliphatic carbocycles. The summed E-state index contributed by atoms with van der Waals surface area (Å²) in [6, 6.07) is 22.3. The first-order valence-corrected chi connectivity index (χ1v) is 10.1. The van der Waals surface area contributed by atoms with Crippen LogP contribution < -0.4 is 18.9 Å². The molecule has 2 heterocycles. The quantitative estimate of drug-likeness (QED) is 0.348. The van der Waals surface area contributed by atoms with Gasteiger partial charge in [0.05, 0.1) is 12.6 Å². The molecule has 0 radical (unpaired) electrons. The zero-order valence-corrected chi connectivity index (χ0v) is 16.9. The number of fused-ring (bicyclic) bond motifs is 6. The molecule has 0 unspecified atom stereocenters. The molecule has 4 aromatic carbocycles. The highest BCUT2D eigenvalue weighted by Crippen LogP contribution is 2.42. The van der Waals surface area contributed by atoms with Gasteiger partial charge in [0.2, 0.25) is 6.79 Å². The van der Waals surface area contributed by atoms with Crippen LogP contribution in [0.2, 0.25) is 0 Å². The molecular formula is C26H19NO4. The van der Waals surface area contributed by atoms with E-state index in [0.717, 1.165) is 49.5 Å². The normalized spacial score (nSPS) is 12.5. The summed E-state index contributed by atoms with van der Waals surface area (Å²) in [5, 5.41) is 5.14. The predicted octanol–water partition coefficient (Wildman–Crippen LogP) is 5.86. The Labute approximate surface area is 178 Å². The Morgan fingerprint density at radius 1 is 0.839 bits per heavy atom. The lowest BCUT2D eigenvalue weighted by Gasteiger charge is -2.15. The van der Waals surface area contributed by atoms with E-state index in [2.05, 4.69) is 18.2 Å². The summed E-state index contributed by atoms with van der Waals surface area (Å²) in [7, 11) is 1.65. The maximum atomic E-state index is 6.22. The molecule has 0 saturated heterocycles. The molecule has 0 N–H and O–H groups in total. The van der Waals surface area contributed by atoms with Crippen LogP contribution in [-0.4, -0.2) is 18.9 Å². The molecule has 0 amide bonds. The Balaban J connectivity index is 1.53. The standard InChI is InChI=1S/C26H19NO4/c1-28-22-10-9-18-19-8-7-17-11-23-24(31-15-30-23)12-20(17)25(19)27-13-21(18)26(22)29-14-16-5-3-2-4-6-16/h2-13H,14-15H2,1H3. The summed E-state index contributed by atoms with van der Waals surface area (Å²) < 4.78 is 22.9. The van der Waals surface area contributed by atoms with Crippen molar-refractivity contribution < 1.29 is 18.9 Å². The largest absolute Gasteiger partial charge is 0.493 e. The first-order chi connectivity index (χ1) is 15.3. The minimum Gasteiger partial charge on any atom is -0.493 e. The molecule has 0 spiro atoms. The van der Waals surface area contributed by atoms with Crippen LogP contribution >= 0.6 is 0 Å². The van der Waals surface area contributed by atoms with Gasteiger partial charge in [-0.2, -0.15) is 0 Å². The molecule has 0 atom stereocenters. The third-order valence-electron chi connectivity index (χ3n) is 5.70. The number of methoxy groups -OCH3 is 1. The number of rotatable bonds is 4. The van der Waals surface area contributed by atoms with Crippen LogP contribution in [0.25, 0.3) is 32.4 Å². The second kappa shape index (κ2) is 7.06. The highest BCUT2D eigenvalue weighted by Gasteiger charge is 2.18. The van der Waals surface area contributed by atoms with Gasteiger partial charge in [-0.15, -0.1) is 0 Å². The van der Waals surface area contributed by atoms with Crippen molar-refractivity contribution in [1.82, 2.24) is 4.98 Å². The van der Waals surface area contributed by atoms with Crippen LogP contribution in [0.15, 0.2) is 72.9 Å². The molecule has 1 aliphatic heterocycles. The Bertz CT molecular complexity index is 1450. The number of ether oxygens (including phenoxy) is 4. The van der Waals surface area contributed by atoms with E-state index in [9.17, 15) is 0 Å². The van der Waals surface area contributed by atoms with Crippen LogP contribution in [0.3, 0.4) is 0 Å². The van der Waals surface area contributed by atoms with Gasteiger partial charge >= 0.3 is 0 Å². The lowest BCUT2D eigenvalue weighted by Crippen LogP contribution is -1.99. The lowest BCUT2D eigenvalue weighted by atomic mass is 10.0. The molecule has 5 heteroatoms. The van der Waals surface area contributed by atoms with E-state index in [4.69, 9.17) is 23.9 Å². The molecular weight excluding hydrogens is 390 g/mol. The summed E-state index contributed by atoms with van der Waals surface area (Å²) in [6.45, 7) is 0.706. The van der Waals surface area contributed by atoms with Crippen molar-refractivity contribution in [3.63, 3.8) is 0 Å². The highest BCUT2D eigenvalue weighted by molar-refractivity contribution is 6.16. The van der Waals surface area contributed by atoms with E-state index in [1.807, 2.05) is 54.7 Å². The minimum absolute atomic E-state index is 0.252. The van der Waals surface area contributed by atoms with Crippen LogP contribution in [0, 0.1) is 0 Å². The molecule has 5 aromatic rings. The van der Waals surface area contributed by atoms with Crippen LogP contribution in [0.4, 0.5) is 0 Å². The molecule has 1 aliphatic rings.